The second-order valence-electron chi connectivity index (χ2n) is 14.7. The molecule has 1 aliphatic heterocycles. The number of fused-ring (bicyclic) bond motifs is 7. The van der Waals surface area contributed by atoms with Crippen molar-refractivity contribution in [3.05, 3.63) is 12.2 Å². The number of ether oxygens (including phenoxy) is 1. The van der Waals surface area contributed by atoms with Gasteiger partial charge >= 0.3 is 5.97 Å². The van der Waals surface area contributed by atoms with E-state index in [0.29, 0.717) is 40.4 Å². The molecule has 6 fully saturated rings. The Bertz CT molecular complexity index is 906. The molecule has 184 valence electrons. The molecule has 1 heterocycles. The third-order valence-corrected chi connectivity index (χ3v) is 13.7. The van der Waals surface area contributed by atoms with Crippen molar-refractivity contribution in [1.82, 2.24) is 0 Å². The molecule has 6 aliphatic rings. The van der Waals surface area contributed by atoms with Crippen LogP contribution in [0.4, 0.5) is 0 Å². The average Bonchev–Trinajstić information content (AvgIpc) is 3.23. The monoisotopic (exact) mass is 454 g/mol. The van der Waals surface area contributed by atoms with Gasteiger partial charge in [0.2, 0.25) is 0 Å². The maximum absolute atomic E-state index is 13.2. The van der Waals surface area contributed by atoms with E-state index < -0.39 is 0 Å². The van der Waals surface area contributed by atoms with Crippen LogP contribution in [-0.4, -0.2) is 23.3 Å². The Labute approximate surface area is 201 Å². The molecule has 1 saturated heterocycles. The number of aliphatic hydroxyl groups is 1. The first-order valence-corrected chi connectivity index (χ1v) is 13.9. The molecule has 2 bridgehead atoms. The molecule has 6 rings (SSSR count). The first-order valence-electron chi connectivity index (χ1n) is 13.9. The van der Waals surface area contributed by atoms with Crippen molar-refractivity contribution in [2.45, 2.75) is 112 Å². The molecule has 33 heavy (non-hydrogen) atoms. The van der Waals surface area contributed by atoms with Crippen molar-refractivity contribution in [2.75, 3.05) is 0 Å². The lowest BCUT2D eigenvalue weighted by atomic mass is 9.32. The smallest absolute Gasteiger partial charge is 0.312 e. The van der Waals surface area contributed by atoms with Gasteiger partial charge in [0.25, 0.3) is 0 Å². The fourth-order valence-electron chi connectivity index (χ4n) is 11.9. The summed E-state index contributed by atoms with van der Waals surface area (Å²) in [5.74, 6) is 2.79. The third kappa shape index (κ3) is 2.40. The van der Waals surface area contributed by atoms with E-state index in [-0.39, 0.29) is 34.4 Å². The van der Waals surface area contributed by atoms with E-state index in [1.807, 2.05) is 0 Å². The zero-order valence-corrected chi connectivity index (χ0v) is 21.9. The Morgan fingerprint density at radius 3 is 2.36 bits per heavy atom. The zero-order valence-electron chi connectivity index (χ0n) is 21.9. The lowest BCUT2D eigenvalue weighted by Gasteiger charge is -2.72. The van der Waals surface area contributed by atoms with Crippen LogP contribution >= 0.6 is 0 Å². The van der Waals surface area contributed by atoms with Gasteiger partial charge in [-0.3, -0.25) is 4.79 Å². The molecule has 0 aromatic carbocycles. The molecule has 0 aromatic heterocycles. The largest absolute Gasteiger partial charge is 0.461 e. The molecule has 0 radical (unpaired) electrons. The second-order valence-corrected chi connectivity index (χ2v) is 14.7. The molecular weight excluding hydrogens is 408 g/mol. The van der Waals surface area contributed by atoms with Crippen molar-refractivity contribution in [3.8, 4) is 0 Å². The summed E-state index contributed by atoms with van der Waals surface area (Å²) in [4.78, 5) is 13.2. The highest BCUT2D eigenvalue weighted by molar-refractivity contribution is 5.81. The average molecular weight is 455 g/mol. The van der Waals surface area contributed by atoms with Crippen LogP contribution < -0.4 is 0 Å². The highest BCUT2D eigenvalue weighted by atomic mass is 16.6. The number of carbonyl (C=O) groups excluding carboxylic acids is 1. The van der Waals surface area contributed by atoms with E-state index in [1.165, 1.54) is 44.1 Å². The third-order valence-electron chi connectivity index (χ3n) is 13.7. The first kappa shape index (κ1) is 22.6. The van der Waals surface area contributed by atoms with Gasteiger partial charge in [-0.25, -0.2) is 0 Å². The number of esters is 1. The lowest BCUT2D eigenvalue weighted by molar-refractivity contribution is -0.250. The van der Waals surface area contributed by atoms with Crippen molar-refractivity contribution >= 4 is 5.97 Å². The minimum atomic E-state index is -0.236. The molecule has 1 spiro atoms. The van der Waals surface area contributed by atoms with E-state index in [1.54, 1.807) is 0 Å². The van der Waals surface area contributed by atoms with Gasteiger partial charge in [0.15, 0.2) is 0 Å². The fraction of sp³-hybridized carbons (Fsp3) is 0.900. The quantitative estimate of drug-likeness (QED) is 0.361. The Morgan fingerprint density at radius 1 is 0.939 bits per heavy atom. The highest BCUT2D eigenvalue weighted by Gasteiger charge is 2.75. The molecule has 3 nitrogen and oxygen atoms in total. The number of hydrogen-bond donors (Lipinski definition) is 1. The molecule has 11 atom stereocenters. The van der Waals surface area contributed by atoms with E-state index in [2.05, 4.69) is 48.1 Å². The molecule has 5 aliphatic carbocycles. The number of carbonyl (C=O) groups is 1. The van der Waals surface area contributed by atoms with Crippen LogP contribution in [0.1, 0.15) is 99.3 Å². The van der Waals surface area contributed by atoms with E-state index in [0.717, 1.165) is 19.3 Å². The maximum atomic E-state index is 13.2. The summed E-state index contributed by atoms with van der Waals surface area (Å²) in [7, 11) is 0. The molecule has 5 saturated carbocycles. The summed E-state index contributed by atoms with van der Waals surface area (Å²) in [6.45, 7) is 19.1. The van der Waals surface area contributed by atoms with Gasteiger partial charge < -0.3 is 9.84 Å². The minimum Gasteiger partial charge on any atom is -0.461 e. The summed E-state index contributed by atoms with van der Waals surface area (Å²) in [5.41, 5.74) is 1.86. The molecule has 1 N–H and O–H groups in total. The van der Waals surface area contributed by atoms with Gasteiger partial charge in [0, 0.05) is 12.3 Å². The van der Waals surface area contributed by atoms with Gasteiger partial charge in [-0.15, -0.1) is 0 Å². The highest BCUT2D eigenvalue weighted by Crippen LogP contribution is 2.78. The molecule has 3 heteroatoms. The van der Waals surface area contributed by atoms with Crippen LogP contribution in [0.3, 0.4) is 0 Å². The molecule has 0 amide bonds. The summed E-state index contributed by atoms with van der Waals surface area (Å²) < 4.78 is 5.94. The molecule has 0 aromatic rings. The first-order chi connectivity index (χ1) is 15.3. The second kappa shape index (κ2) is 6.48. The summed E-state index contributed by atoms with van der Waals surface area (Å²) in [5, 5.41) is 10.9. The maximum Gasteiger partial charge on any atom is 0.312 e. The predicted octanol–water partition coefficient (Wildman–Crippen LogP) is 6.54. The van der Waals surface area contributed by atoms with Crippen LogP contribution in [0, 0.1) is 56.7 Å². The van der Waals surface area contributed by atoms with Gasteiger partial charge in [0.05, 0.1) is 11.5 Å². The Morgan fingerprint density at radius 2 is 1.67 bits per heavy atom. The van der Waals surface area contributed by atoms with Crippen molar-refractivity contribution < 1.29 is 14.6 Å². The topological polar surface area (TPSA) is 46.5 Å². The van der Waals surface area contributed by atoms with E-state index >= 15 is 0 Å². The summed E-state index contributed by atoms with van der Waals surface area (Å²) >= 11 is 0. The number of rotatable bonds is 1. The lowest BCUT2D eigenvalue weighted by Crippen LogP contribution is -2.67. The summed E-state index contributed by atoms with van der Waals surface area (Å²) in [6.07, 6.45) is 10.2. The van der Waals surface area contributed by atoms with Crippen LogP contribution in [0.15, 0.2) is 12.2 Å². The van der Waals surface area contributed by atoms with E-state index in [9.17, 15) is 9.90 Å². The Balaban J connectivity index is 1.41. The van der Waals surface area contributed by atoms with E-state index in [4.69, 9.17) is 4.74 Å². The molecule has 0 unspecified atom stereocenters. The van der Waals surface area contributed by atoms with Gasteiger partial charge in [0.1, 0.15) is 6.10 Å². The van der Waals surface area contributed by atoms with Crippen LogP contribution in [0.2, 0.25) is 0 Å². The Kier molecular flexibility index (Phi) is 4.44. The minimum absolute atomic E-state index is 0.00210. The van der Waals surface area contributed by atoms with Gasteiger partial charge in [-0.05, 0) is 104 Å². The number of aliphatic hydroxyl groups excluding tert-OH is 1. The van der Waals surface area contributed by atoms with Crippen LogP contribution in [0.5, 0.6) is 0 Å². The van der Waals surface area contributed by atoms with Gasteiger partial charge in [-0.2, -0.15) is 0 Å². The van der Waals surface area contributed by atoms with Crippen molar-refractivity contribution in [3.63, 3.8) is 0 Å². The SMILES string of the molecule is C=C(C)[C@H]1[C@H]2[C@H]3CC[C@@H]4[C@@]5(C)CC[C@H](O)C(C)(C)[C@@H]5CC[C@@]4(C)[C@]3(C)CC[C@@]23C[C@@H]1OC3=O. The van der Waals surface area contributed by atoms with Crippen molar-refractivity contribution in [1.29, 1.82) is 0 Å². The summed E-state index contributed by atoms with van der Waals surface area (Å²) in [6, 6.07) is 0. The van der Waals surface area contributed by atoms with Crippen LogP contribution in [0.25, 0.3) is 0 Å². The van der Waals surface area contributed by atoms with Gasteiger partial charge in [-0.1, -0.05) is 46.8 Å². The predicted molar refractivity (Wildman–Crippen MR) is 130 cm³/mol. The Hall–Kier alpha value is -0.830. The van der Waals surface area contributed by atoms with Crippen molar-refractivity contribution in [2.24, 2.45) is 56.7 Å². The normalized spacial score (nSPS) is 58.5. The standard InChI is InChI=1S/C30H46O3/c1-17(2)23-19-16-30(25(32)33-19)15-14-28(6)18(24(23)30)8-9-21-27(5)12-11-22(31)26(3,4)20(27)10-13-29(21,28)7/h18-24,31H,1,8-16H2,2-7H3/t18-,19+,20+,21-,22+,23-,24-,27+,28-,29-,30-/m1/s1. The fourth-order valence-corrected chi connectivity index (χ4v) is 11.9. The van der Waals surface area contributed by atoms with Crippen LogP contribution in [-0.2, 0) is 9.53 Å². The molecular formula is C30H46O3. The zero-order chi connectivity index (χ0) is 23.8. The number of hydrogen-bond acceptors (Lipinski definition) is 3.